The van der Waals surface area contributed by atoms with Crippen LogP contribution in [0.3, 0.4) is 0 Å². The second-order valence-electron chi connectivity index (χ2n) is 3.60. The molecule has 1 aromatic rings. The Hall–Kier alpha value is -1.16. The number of hydrogen-bond donors (Lipinski definition) is 1. The number of halogens is 1. The van der Waals surface area contributed by atoms with Gasteiger partial charge in [-0.25, -0.2) is 4.39 Å². The Morgan fingerprint density at radius 1 is 1.57 bits per heavy atom. The van der Waals surface area contributed by atoms with Gasteiger partial charge in [0.15, 0.2) is 0 Å². The maximum atomic E-state index is 13.7. The van der Waals surface area contributed by atoms with Gasteiger partial charge in [-0.3, -0.25) is 9.36 Å². The first kappa shape index (κ1) is 10.9. The first-order valence-corrected chi connectivity index (χ1v) is 4.59. The highest BCUT2D eigenvalue weighted by Gasteiger charge is 2.13. The molecule has 0 fully saturated rings. The zero-order valence-corrected chi connectivity index (χ0v) is 8.67. The van der Waals surface area contributed by atoms with E-state index in [1.165, 1.54) is 10.6 Å². The fourth-order valence-electron chi connectivity index (χ4n) is 1.41. The molecule has 4 heteroatoms. The Labute approximate surface area is 82.4 Å². The number of rotatable bonds is 2. The first-order valence-electron chi connectivity index (χ1n) is 4.59. The molecule has 0 aliphatic heterocycles. The molecule has 0 aliphatic rings. The van der Waals surface area contributed by atoms with E-state index in [1.54, 1.807) is 6.92 Å². The number of hydrogen-bond acceptors (Lipinski definition) is 2. The minimum Gasteiger partial charge on any atom is -0.313 e. The molecule has 0 saturated heterocycles. The van der Waals surface area contributed by atoms with Gasteiger partial charge in [-0.1, -0.05) is 13.8 Å². The Balaban J connectivity index is 3.48. The summed E-state index contributed by atoms with van der Waals surface area (Å²) in [4.78, 5) is 11.5. The molecule has 0 atom stereocenters. The maximum absolute atomic E-state index is 13.7. The second-order valence-corrected chi connectivity index (χ2v) is 3.60. The van der Waals surface area contributed by atoms with E-state index < -0.39 is 0 Å². The van der Waals surface area contributed by atoms with E-state index in [9.17, 15) is 9.18 Å². The predicted molar refractivity (Wildman–Crippen MR) is 53.7 cm³/mol. The van der Waals surface area contributed by atoms with Crippen LogP contribution in [0.5, 0.6) is 0 Å². The SMILES string of the molecule is Cc1c(F)c(C(C)C)cc(=O)n1CN. The van der Waals surface area contributed by atoms with Crippen molar-refractivity contribution in [3.63, 3.8) is 0 Å². The van der Waals surface area contributed by atoms with Crippen molar-refractivity contribution in [2.75, 3.05) is 0 Å². The standard InChI is InChI=1S/C10H15FN2O/c1-6(2)8-4-9(14)13(5-12)7(3)10(8)11/h4,6H,5,12H2,1-3H3. The summed E-state index contributed by atoms with van der Waals surface area (Å²) in [5, 5.41) is 0. The van der Waals surface area contributed by atoms with Crippen LogP contribution in [-0.4, -0.2) is 4.57 Å². The summed E-state index contributed by atoms with van der Waals surface area (Å²) in [6.45, 7) is 5.28. The lowest BCUT2D eigenvalue weighted by Crippen LogP contribution is -2.27. The number of nitrogens with zero attached hydrogens (tertiary/aromatic N) is 1. The third kappa shape index (κ3) is 1.70. The van der Waals surface area contributed by atoms with Crippen LogP contribution in [0.25, 0.3) is 0 Å². The average molecular weight is 198 g/mol. The van der Waals surface area contributed by atoms with Gasteiger partial charge in [0.25, 0.3) is 5.56 Å². The average Bonchev–Trinajstić information content (AvgIpc) is 2.12. The van der Waals surface area contributed by atoms with Crippen molar-refractivity contribution in [3.05, 3.63) is 33.5 Å². The summed E-state index contributed by atoms with van der Waals surface area (Å²) in [7, 11) is 0. The van der Waals surface area contributed by atoms with Crippen LogP contribution in [0.1, 0.15) is 31.0 Å². The van der Waals surface area contributed by atoms with Crippen molar-refractivity contribution in [2.24, 2.45) is 5.73 Å². The lowest BCUT2D eigenvalue weighted by atomic mass is 10.0. The third-order valence-electron chi connectivity index (χ3n) is 2.33. The van der Waals surface area contributed by atoms with Crippen LogP contribution in [0.2, 0.25) is 0 Å². The smallest absolute Gasteiger partial charge is 0.252 e. The van der Waals surface area contributed by atoms with E-state index in [4.69, 9.17) is 5.73 Å². The monoisotopic (exact) mass is 198 g/mol. The van der Waals surface area contributed by atoms with Crippen molar-refractivity contribution in [2.45, 2.75) is 33.4 Å². The van der Waals surface area contributed by atoms with Crippen molar-refractivity contribution >= 4 is 0 Å². The molecule has 0 radical (unpaired) electrons. The largest absolute Gasteiger partial charge is 0.313 e. The summed E-state index contributed by atoms with van der Waals surface area (Å²) in [6, 6.07) is 1.32. The summed E-state index contributed by atoms with van der Waals surface area (Å²) in [5.74, 6) is -0.320. The van der Waals surface area contributed by atoms with Crippen LogP contribution < -0.4 is 11.3 Å². The predicted octanol–water partition coefficient (Wildman–Crippen LogP) is 1.34. The number of aromatic nitrogens is 1. The molecule has 14 heavy (non-hydrogen) atoms. The number of pyridine rings is 1. The Bertz CT molecular complexity index is 396. The molecule has 3 nitrogen and oxygen atoms in total. The van der Waals surface area contributed by atoms with Gasteiger partial charge in [0.1, 0.15) is 5.82 Å². The molecule has 78 valence electrons. The number of nitrogens with two attached hydrogens (primary N) is 1. The van der Waals surface area contributed by atoms with Gasteiger partial charge in [0.05, 0.1) is 12.4 Å². The van der Waals surface area contributed by atoms with Gasteiger partial charge in [-0.15, -0.1) is 0 Å². The minimum atomic E-state index is -0.329. The summed E-state index contributed by atoms with van der Waals surface area (Å²) in [6.07, 6.45) is 0. The molecule has 0 saturated carbocycles. The van der Waals surface area contributed by atoms with Gasteiger partial charge < -0.3 is 5.73 Å². The third-order valence-corrected chi connectivity index (χ3v) is 2.33. The molecule has 0 aliphatic carbocycles. The van der Waals surface area contributed by atoms with Crippen LogP contribution in [0.15, 0.2) is 10.9 Å². The minimum absolute atomic E-state index is 0.00817. The van der Waals surface area contributed by atoms with E-state index in [2.05, 4.69) is 0 Å². The van der Waals surface area contributed by atoms with E-state index in [-0.39, 0.29) is 24.0 Å². The van der Waals surface area contributed by atoms with Crippen molar-refractivity contribution in [3.8, 4) is 0 Å². The highest BCUT2D eigenvalue weighted by Crippen LogP contribution is 2.18. The van der Waals surface area contributed by atoms with Gasteiger partial charge in [0.2, 0.25) is 0 Å². The highest BCUT2D eigenvalue weighted by molar-refractivity contribution is 5.22. The summed E-state index contributed by atoms with van der Waals surface area (Å²) < 4.78 is 14.9. The molecular formula is C10H15FN2O. The molecule has 1 rings (SSSR count). The fraction of sp³-hybridized carbons (Fsp3) is 0.500. The lowest BCUT2D eigenvalue weighted by Gasteiger charge is -2.13. The Morgan fingerprint density at radius 3 is 2.57 bits per heavy atom. The molecule has 1 aromatic heterocycles. The van der Waals surface area contributed by atoms with Crippen LogP contribution >= 0.6 is 0 Å². The topological polar surface area (TPSA) is 48.0 Å². The van der Waals surface area contributed by atoms with Gasteiger partial charge in [-0.05, 0) is 18.4 Å². The van der Waals surface area contributed by atoms with E-state index >= 15 is 0 Å². The maximum Gasteiger partial charge on any atom is 0.252 e. The quantitative estimate of drug-likeness (QED) is 0.779. The lowest BCUT2D eigenvalue weighted by molar-refractivity contribution is 0.543. The van der Waals surface area contributed by atoms with Crippen molar-refractivity contribution < 1.29 is 4.39 Å². The zero-order chi connectivity index (χ0) is 10.9. The Morgan fingerprint density at radius 2 is 2.14 bits per heavy atom. The summed E-state index contributed by atoms with van der Waals surface area (Å²) in [5.41, 5.74) is 5.87. The molecule has 0 bridgehead atoms. The first-order chi connectivity index (χ1) is 6.49. The van der Waals surface area contributed by atoms with Crippen LogP contribution in [0.4, 0.5) is 4.39 Å². The fourth-order valence-corrected chi connectivity index (χ4v) is 1.41. The van der Waals surface area contributed by atoms with Crippen molar-refractivity contribution in [1.82, 2.24) is 4.57 Å². The molecule has 1 heterocycles. The zero-order valence-electron chi connectivity index (χ0n) is 8.67. The van der Waals surface area contributed by atoms with Crippen LogP contribution in [-0.2, 0) is 6.67 Å². The molecule has 0 aromatic carbocycles. The van der Waals surface area contributed by atoms with Crippen LogP contribution in [0, 0.1) is 12.7 Å². The highest BCUT2D eigenvalue weighted by atomic mass is 19.1. The van der Waals surface area contributed by atoms with Crippen molar-refractivity contribution in [1.29, 1.82) is 0 Å². The van der Waals surface area contributed by atoms with E-state index in [1.807, 2.05) is 13.8 Å². The normalized spacial score (nSPS) is 11.0. The molecule has 0 amide bonds. The van der Waals surface area contributed by atoms with E-state index in [0.717, 1.165) is 0 Å². The Kier molecular flexibility index (Phi) is 3.06. The van der Waals surface area contributed by atoms with Gasteiger partial charge in [0, 0.05) is 6.07 Å². The molecule has 0 unspecified atom stereocenters. The van der Waals surface area contributed by atoms with Gasteiger partial charge >= 0.3 is 0 Å². The second kappa shape index (κ2) is 3.92. The molecule has 2 N–H and O–H groups in total. The molecular weight excluding hydrogens is 183 g/mol. The summed E-state index contributed by atoms with van der Waals surface area (Å²) >= 11 is 0. The van der Waals surface area contributed by atoms with Gasteiger partial charge in [-0.2, -0.15) is 0 Å². The molecule has 0 spiro atoms. The van der Waals surface area contributed by atoms with E-state index in [0.29, 0.717) is 11.3 Å².